The first-order chi connectivity index (χ1) is 12.3. The van der Waals surface area contributed by atoms with E-state index in [9.17, 15) is 22.8 Å². The number of benzene rings is 1. The van der Waals surface area contributed by atoms with Crippen LogP contribution >= 0.6 is 12.4 Å². The fourth-order valence-corrected chi connectivity index (χ4v) is 2.82. The minimum atomic E-state index is -1.28. The normalized spacial score (nSPS) is 17.9. The van der Waals surface area contributed by atoms with E-state index < -0.39 is 29.5 Å². The summed E-state index contributed by atoms with van der Waals surface area (Å²) in [5.74, 6) is -4.06. The van der Waals surface area contributed by atoms with Gasteiger partial charge in [0.05, 0.1) is 6.61 Å². The highest BCUT2D eigenvalue weighted by Gasteiger charge is 2.33. The summed E-state index contributed by atoms with van der Waals surface area (Å²) in [6.07, 6.45) is -0.292. The summed E-state index contributed by atoms with van der Waals surface area (Å²) in [7, 11) is 0. The molecule has 1 aromatic rings. The molecule has 1 aliphatic heterocycles. The lowest BCUT2D eigenvalue weighted by molar-refractivity contribution is -0.146. The Morgan fingerprint density at radius 2 is 2.00 bits per heavy atom. The molecule has 3 N–H and O–H groups in total. The molecule has 1 saturated heterocycles. The molecule has 27 heavy (non-hydrogen) atoms. The molecule has 0 spiro atoms. The van der Waals surface area contributed by atoms with Crippen LogP contribution in [0.15, 0.2) is 12.1 Å². The number of nitrogens with one attached hydrogen (secondary N) is 1. The Morgan fingerprint density at radius 3 is 2.67 bits per heavy atom. The molecule has 0 saturated carbocycles. The van der Waals surface area contributed by atoms with Crippen molar-refractivity contribution in [2.45, 2.75) is 31.8 Å². The molecule has 2 amide bonds. The molecule has 1 aromatic carbocycles. The first kappa shape index (κ1) is 23.2. The lowest BCUT2D eigenvalue weighted by Crippen LogP contribution is -2.59. The summed E-state index contributed by atoms with van der Waals surface area (Å²) in [6, 6.07) is -0.365. The number of carbonyl (C=O) groups excluding carboxylic acids is 2. The van der Waals surface area contributed by atoms with Gasteiger partial charge in [-0.15, -0.1) is 12.4 Å². The molecule has 0 unspecified atom stereocenters. The standard InChI is InChI=1S/C17H22F3N3O3.ClH/c1-2-26-9-15-17(25)22-3-4-23(15)16(24)7-11(21)5-10-6-13(19)14(20)8-12(10)18;/h6,8,11,15H,2-5,7,9,21H2,1H3,(H,22,25);1H/t11-,15-;/m1./s1. The van der Waals surface area contributed by atoms with Crippen LogP contribution in [0.5, 0.6) is 0 Å². The third kappa shape index (κ3) is 6.08. The SMILES string of the molecule is CCOC[C@@H]1C(=O)NCCN1C(=O)C[C@H](N)Cc1cc(F)c(F)cc1F.Cl. The number of piperazine rings is 1. The van der Waals surface area contributed by atoms with Gasteiger partial charge in [-0.05, 0) is 25.0 Å². The molecule has 0 aliphatic carbocycles. The molecular weight excluding hydrogens is 387 g/mol. The van der Waals surface area contributed by atoms with Gasteiger partial charge < -0.3 is 20.7 Å². The Labute approximate surface area is 161 Å². The molecule has 0 aromatic heterocycles. The number of hydrogen-bond acceptors (Lipinski definition) is 4. The quantitative estimate of drug-likeness (QED) is 0.662. The Hall–Kier alpha value is -1.84. The zero-order chi connectivity index (χ0) is 19.3. The number of rotatable bonds is 7. The van der Waals surface area contributed by atoms with Crippen molar-refractivity contribution in [1.29, 1.82) is 0 Å². The molecule has 2 rings (SSSR count). The summed E-state index contributed by atoms with van der Waals surface area (Å²) in [6.45, 7) is 2.88. The molecule has 2 atom stereocenters. The maximum absolute atomic E-state index is 13.7. The summed E-state index contributed by atoms with van der Waals surface area (Å²) < 4.78 is 45.2. The van der Waals surface area contributed by atoms with Crippen LogP contribution in [-0.2, 0) is 20.7 Å². The van der Waals surface area contributed by atoms with Gasteiger partial charge >= 0.3 is 0 Å². The van der Waals surface area contributed by atoms with E-state index in [0.717, 1.165) is 6.07 Å². The van der Waals surface area contributed by atoms with E-state index in [4.69, 9.17) is 10.5 Å². The van der Waals surface area contributed by atoms with Gasteiger partial charge in [-0.2, -0.15) is 0 Å². The first-order valence-corrected chi connectivity index (χ1v) is 8.37. The fraction of sp³-hybridized carbons (Fsp3) is 0.529. The largest absolute Gasteiger partial charge is 0.379 e. The van der Waals surface area contributed by atoms with Crippen molar-refractivity contribution in [3.8, 4) is 0 Å². The first-order valence-electron chi connectivity index (χ1n) is 8.37. The molecule has 152 valence electrons. The van der Waals surface area contributed by atoms with Crippen LogP contribution in [0.25, 0.3) is 0 Å². The smallest absolute Gasteiger partial charge is 0.245 e. The van der Waals surface area contributed by atoms with Gasteiger partial charge in [-0.25, -0.2) is 13.2 Å². The van der Waals surface area contributed by atoms with Gasteiger partial charge in [0.15, 0.2) is 11.6 Å². The molecule has 1 aliphatic rings. The summed E-state index contributed by atoms with van der Waals surface area (Å²) in [5.41, 5.74) is 5.78. The topological polar surface area (TPSA) is 84.7 Å². The van der Waals surface area contributed by atoms with Gasteiger partial charge in [0.2, 0.25) is 11.8 Å². The molecule has 1 heterocycles. The minimum Gasteiger partial charge on any atom is -0.379 e. The lowest BCUT2D eigenvalue weighted by atomic mass is 10.0. The number of carbonyl (C=O) groups is 2. The third-order valence-corrected chi connectivity index (χ3v) is 4.14. The van der Waals surface area contributed by atoms with E-state index in [0.29, 0.717) is 25.8 Å². The van der Waals surface area contributed by atoms with Crippen molar-refractivity contribution in [3.05, 3.63) is 35.1 Å². The van der Waals surface area contributed by atoms with E-state index in [1.54, 1.807) is 6.92 Å². The van der Waals surface area contributed by atoms with Crippen LogP contribution in [0.4, 0.5) is 13.2 Å². The van der Waals surface area contributed by atoms with E-state index >= 15 is 0 Å². The average Bonchev–Trinajstić information content (AvgIpc) is 2.58. The van der Waals surface area contributed by atoms with Gasteiger partial charge in [-0.3, -0.25) is 9.59 Å². The highest BCUT2D eigenvalue weighted by Crippen LogP contribution is 2.17. The van der Waals surface area contributed by atoms with Crippen LogP contribution in [0.1, 0.15) is 18.9 Å². The average molecular weight is 410 g/mol. The van der Waals surface area contributed by atoms with Crippen molar-refractivity contribution < 1.29 is 27.5 Å². The Bertz CT molecular complexity index is 678. The number of ether oxygens (including phenoxy) is 1. The van der Waals surface area contributed by atoms with Gasteiger partial charge in [0, 0.05) is 38.2 Å². The molecule has 6 nitrogen and oxygen atoms in total. The van der Waals surface area contributed by atoms with Gasteiger partial charge in [0.1, 0.15) is 11.9 Å². The Kier molecular flexibility index (Phi) is 9.01. The predicted molar refractivity (Wildman–Crippen MR) is 94.9 cm³/mol. The lowest BCUT2D eigenvalue weighted by Gasteiger charge is -2.35. The van der Waals surface area contributed by atoms with Crippen molar-refractivity contribution >= 4 is 24.2 Å². The fourth-order valence-electron chi connectivity index (χ4n) is 2.82. The van der Waals surface area contributed by atoms with E-state index in [1.165, 1.54) is 4.90 Å². The molecule has 10 heteroatoms. The van der Waals surface area contributed by atoms with Crippen LogP contribution in [0.2, 0.25) is 0 Å². The van der Waals surface area contributed by atoms with Crippen LogP contribution in [-0.4, -0.2) is 55.1 Å². The van der Waals surface area contributed by atoms with E-state index in [-0.39, 0.29) is 49.2 Å². The second kappa shape index (κ2) is 10.5. The zero-order valence-corrected chi connectivity index (χ0v) is 15.7. The highest BCUT2D eigenvalue weighted by molar-refractivity contribution is 5.89. The Balaban J connectivity index is 0.00000364. The molecule has 0 bridgehead atoms. The van der Waals surface area contributed by atoms with Crippen molar-refractivity contribution in [2.75, 3.05) is 26.3 Å². The number of halogens is 4. The van der Waals surface area contributed by atoms with Gasteiger partial charge in [-0.1, -0.05) is 0 Å². The minimum absolute atomic E-state index is 0. The molecule has 1 fully saturated rings. The highest BCUT2D eigenvalue weighted by atomic mass is 35.5. The van der Waals surface area contributed by atoms with E-state index in [1.807, 2.05) is 0 Å². The van der Waals surface area contributed by atoms with E-state index in [2.05, 4.69) is 5.32 Å². The third-order valence-electron chi connectivity index (χ3n) is 4.14. The summed E-state index contributed by atoms with van der Waals surface area (Å²) in [5, 5.41) is 2.67. The summed E-state index contributed by atoms with van der Waals surface area (Å²) in [4.78, 5) is 25.9. The maximum atomic E-state index is 13.7. The number of nitrogens with zero attached hydrogens (tertiary/aromatic N) is 1. The van der Waals surface area contributed by atoms with Gasteiger partial charge in [0.25, 0.3) is 0 Å². The number of hydrogen-bond donors (Lipinski definition) is 2. The Morgan fingerprint density at radius 1 is 1.33 bits per heavy atom. The summed E-state index contributed by atoms with van der Waals surface area (Å²) >= 11 is 0. The number of nitrogens with two attached hydrogens (primary N) is 1. The van der Waals surface area contributed by atoms with Crippen LogP contribution < -0.4 is 11.1 Å². The predicted octanol–water partition coefficient (Wildman–Crippen LogP) is 1.15. The van der Waals surface area contributed by atoms with Crippen molar-refractivity contribution in [2.24, 2.45) is 5.73 Å². The molecular formula is C17H23ClF3N3O3. The number of amides is 2. The van der Waals surface area contributed by atoms with Crippen molar-refractivity contribution in [3.63, 3.8) is 0 Å². The second-order valence-corrected chi connectivity index (χ2v) is 6.08. The second-order valence-electron chi connectivity index (χ2n) is 6.08. The van der Waals surface area contributed by atoms with Crippen LogP contribution in [0, 0.1) is 17.5 Å². The van der Waals surface area contributed by atoms with Crippen LogP contribution in [0.3, 0.4) is 0 Å². The van der Waals surface area contributed by atoms with Crippen molar-refractivity contribution in [1.82, 2.24) is 10.2 Å². The molecule has 0 radical (unpaired) electrons. The maximum Gasteiger partial charge on any atom is 0.245 e. The zero-order valence-electron chi connectivity index (χ0n) is 14.8. The monoisotopic (exact) mass is 409 g/mol.